The van der Waals surface area contributed by atoms with E-state index in [2.05, 4.69) is 24.3 Å². The van der Waals surface area contributed by atoms with Gasteiger partial charge in [0, 0.05) is 22.2 Å². The number of hydrogen-bond acceptors (Lipinski definition) is 2. The highest BCUT2D eigenvalue weighted by Gasteiger charge is 3.13. The first-order chi connectivity index (χ1) is 11.3. The monoisotopic (exact) mass is 302 g/mol. The summed E-state index contributed by atoms with van der Waals surface area (Å²) in [4.78, 5) is 1.26. The molecule has 8 saturated carbocycles. The molecule has 4 spiro atoms. The summed E-state index contributed by atoms with van der Waals surface area (Å²) in [5.74, 6) is 6.64. The van der Waals surface area contributed by atoms with Crippen LogP contribution in [0.2, 0.25) is 0 Å². The molecule has 23 heavy (non-hydrogen) atoms. The molecule has 10 bridgehead atoms. The second-order valence-corrected chi connectivity index (χ2v) is 10.7. The van der Waals surface area contributed by atoms with Gasteiger partial charge in [0.25, 0.3) is 0 Å². The van der Waals surface area contributed by atoms with Gasteiger partial charge in [-0.15, -0.1) is 0 Å². The Balaban J connectivity index is 1.57. The van der Waals surface area contributed by atoms with Gasteiger partial charge in [-0.2, -0.15) is 0 Å². The Morgan fingerprint density at radius 1 is 0.870 bits per heavy atom. The third kappa shape index (κ3) is 0.434. The lowest BCUT2D eigenvalue weighted by molar-refractivity contribution is -0.660. The Labute approximate surface area is 134 Å². The Hall–Kier alpha value is -1.12. The third-order valence-electron chi connectivity index (χ3n) is 12.1. The van der Waals surface area contributed by atoms with Crippen molar-refractivity contribution < 1.29 is 4.86 Å². The molecule has 0 radical (unpaired) electrons. The predicted octanol–water partition coefficient (Wildman–Crippen LogP) is 2.59. The van der Waals surface area contributed by atoms with Crippen LogP contribution >= 0.6 is 0 Å². The standard InChI is InChI=1S/C20H18N2O/c23-22-16-8-2-4-18-10-6-12-14-11-5-9(13(10)14)17(18)3-1-7(8)15(21-22)19(11,17)20(12,16)18/h1-4,7-16H,5-6H2/t7-,8+,9-,10+,11+,12-,13+,14+,15+,16-,17-,18-,19+,20-/m1/s1. The molecule has 0 N–H and O–H groups in total. The summed E-state index contributed by atoms with van der Waals surface area (Å²) >= 11 is 0. The van der Waals surface area contributed by atoms with E-state index in [1.165, 1.54) is 17.7 Å². The van der Waals surface area contributed by atoms with Crippen LogP contribution in [-0.2, 0) is 0 Å². The Kier molecular flexibility index (Phi) is 0.908. The van der Waals surface area contributed by atoms with Gasteiger partial charge in [-0.05, 0) is 53.5 Å². The third-order valence-corrected chi connectivity index (χ3v) is 12.1. The zero-order valence-corrected chi connectivity index (χ0v) is 12.8. The zero-order valence-electron chi connectivity index (χ0n) is 12.8. The van der Waals surface area contributed by atoms with Gasteiger partial charge in [0.2, 0.25) is 6.04 Å². The molecule has 14 atom stereocenters. The van der Waals surface area contributed by atoms with Crippen molar-refractivity contribution in [3.63, 3.8) is 0 Å². The lowest BCUT2D eigenvalue weighted by atomic mass is 9.17. The van der Waals surface area contributed by atoms with Gasteiger partial charge in [-0.25, -0.2) is 0 Å². The van der Waals surface area contributed by atoms with Crippen LogP contribution in [0.15, 0.2) is 29.4 Å². The largest absolute Gasteiger partial charge is 0.600 e. The molecule has 0 aromatic heterocycles. The number of azo groups is 1. The minimum absolute atomic E-state index is 0.195. The van der Waals surface area contributed by atoms with Crippen molar-refractivity contribution in [2.45, 2.75) is 24.9 Å². The van der Waals surface area contributed by atoms with Crippen LogP contribution in [-0.4, -0.2) is 16.9 Å². The number of nitrogens with zero attached hydrogens (tertiary/aromatic N) is 2. The molecule has 8 fully saturated rings. The van der Waals surface area contributed by atoms with Gasteiger partial charge in [0.15, 0.2) is 0 Å². The van der Waals surface area contributed by atoms with Crippen LogP contribution in [0, 0.1) is 74.2 Å². The normalized spacial score (nSPS) is 87.6. The maximum absolute atomic E-state index is 13.0. The van der Waals surface area contributed by atoms with E-state index in [-0.39, 0.29) is 6.04 Å². The molecule has 0 unspecified atom stereocenters. The molecule has 0 amide bonds. The number of allylic oxidation sites excluding steroid dienone is 2. The minimum atomic E-state index is 0.195. The molecule has 10 aliphatic carbocycles. The molecule has 114 valence electrons. The fourth-order valence-corrected chi connectivity index (χ4v) is 13.4. The Morgan fingerprint density at radius 3 is 2.35 bits per heavy atom. The molecule has 3 heteroatoms. The summed E-state index contributed by atoms with van der Waals surface area (Å²) in [6.45, 7) is 0. The number of rotatable bonds is 0. The van der Waals surface area contributed by atoms with Crippen molar-refractivity contribution in [3.8, 4) is 0 Å². The molecular weight excluding hydrogens is 284 g/mol. The van der Waals surface area contributed by atoms with Gasteiger partial charge in [0.05, 0.1) is 11.3 Å². The fourth-order valence-electron chi connectivity index (χ4n) is 13.4. The van der Waals surface area contributed by atoms with Gasteiger partial charge in [0.1, 0.15) is 6.04 Å². The summed E-state index contributed by atoms with van der Waals surface area (Å²) in [5.41, 5.74) is 1.57. The first-order valence-corrected chi connectivity index (χ1v) is 9.84. The molecule has 2 heterocycles. The van der Waals surface area contributed by atoms with Crippen molar-refractivity contribution in [2.24, 2.45) is 74.1 Å². The van der Waals surface area contributed by atoms with Crippen molar-refractivity contribution in [2.75, 3.05) is 0 Å². The molecule has 12 rings (SSSR count). The van der Waals surface area contributed by atoms with E-state index in [1.807, 2.05) is 0 Å². The van der Waals surface area contributed by atoms with E-state index in [0.717, 1.165) is 35.5 Å². The summed E-state index contributed by atoms with van der Waals surface area (Å²) in [6, 6.07) is 0.527. The van der Waals surface area contributed by atoms with Crippen molar-refractivity contribution in [1.82, 2.24) is 0 Å². The maximum Gasteiger partial charge on any atom is 0.204 e. The number of hydrogen-bond donors (Lipinski definition) is 0. The molecule has 0 aromatic rings. The highest BCUT2D eigenvalue weighted by Crippen LogP contribution is 3.12. The number of hydroxylamine groups is 1. The van der Waals surface area contributed by atoms with Crippen LogP contribution in [0.1, 0.15) is 12.8 Å². The summed E-state index contributed by atoms with van der Waals surface area (Å²) < 4.78 is 0. The molecule has 12 aliphatic rings. The second kappa shape index (κ2) is 2.09. The lowest BCUT2D eigenvalue weighted by Gasteiger charge is -2.84. The van der Waals surface area contributed by atoms with E-state index < -0.39 is 0 Å². The zero-order chi connectivity index (χ0) is 14.3. The van der Waals surface area contributed by atoms with E-state index >= 15 is 0 Å². The molecule has 0 aromatic carbocycles. The second-order valence-electron chi connectivity index (χ2n) is 10.7. The topological polar surface area (TPSA) is 38.4 Å². The summed E-state index contributed by atoms with van der Waals surface area (Å²) in [5, 5.41) is 17.9. The highest BCUT2D eigenvalue weighted by molar-refractivity contribution is 5.64. The SMILES string of the molecule is [O-][N+]1=N[C@H]2[C@@H]3C=C[C@@]45[C@@H]6C[C@H]7[C@@H]8[C@@H]6[C@@H]6C[C@H]8[C@]8([C@H]1[C@H]3C=C[C@@]648)[C@@]725. The predicted molar refractivity (Wildman–Crippen MR) is 78.8 cm³/mol. The first kappa shape index (κ1) is 10.0. The smallest absolute Gasteiger partial charge is 0.204 e. The van der Waals surface area contributed by atoms with Gasteiger partial charge >= 0.3 is 0 Å². The average Bonchev–Trinajstić information content (AvgIpc) is 3.20. The quantitative estimate of drug-likeness (QED) is 0.385. The first-order valence-electron chi connectivity index (χ1n) is 9.84. The van der Waals surface area contributed by atoms with Crippen LogP contribution < -0.4 is 0 Å². The van der Waals surface area contributed by atoms with Crippen molar-refractivity contribution >= 4 is 0 Å². The van der Waals surface area contributed by atoms with E-state index in [4.69, 9.17) is 5.11 Å². The maximum atomic E-state index is 13.0. The average molecular weight is 302 g/mol. The summed E-state index contributed by atoms with van der Waals surface area (Å²) in [7, 11) is 0. The van der Waals surface area contributed by atoms with Gasteiger partial charge in [-0.1, -0.05) is 29.2 Å². The van der Waals surface area contributed by atoms with E-state index in [0.29, 0.717) is 39.5 Å². The van der Waals surface area contributed by atoms with E-state index in [1.54, 1.807) is 0 Å². The van der Waals surface area contributed by atoms with Crippen LogP contribution in [0.4, 0.5) is 0 Å². The molecule has 0 saturated heterocycles. The van der Waals surface area contributed by atoms with Crippen LogP contribution in [0.3, 0.4) is 0 Å². The van der Waals surface area contributed by atoms with Gasteiger partial charge < -0.3 is 5.21 Å². The van der Waals surface area contributed by atoms with Crippen LogP contribution in [0.5, 0.6) is 0 Å². The van der Waals surface area contributed by atoms with Gasteiger partial charge in [-0.3, -0.25) is 0 Å². The van der Waals surface area contributed by atoms with Crippen LogP contribution in [0.25, 0.3) is 0 Å². The highest BCUT2D eigenvalue weighted by atomic mass is 16.5. The van der Waals surface area contributed by atoms with E-state index in [9.17, 15) is 5.21 Å². The van der Waals surface area contributed by atoms with Crippen molar-refractivity contribution in [1.29, 1.82) is 0 Å². The Morgan fingerprint density at radius 2 is 1.52 bits per heavy atom. The molecular formula is C20H18N2O. The molecule has 3 nitrogen and oxygen atoms in total. The van der Waals surface area contributed by atoms with Crippen molar-refractivity contribution in [3.05, 3.63) is 29.5 Å². The Bertz CT molecular complexity index is 921. The molecule has 2 aliphatic heterocycles. The lowest BCUT2D eigenvalue weighted by Crippen LogP contribution is -2.90. The fraction of sp³-hybridized carbons (Fsp3) is 0.800. The summed E-state index contributed by atoms with van der Waals surface area (Å²) in [6.07, 6.45) is 13.5. The minimum Gasteiger partial charge on any atom is -0.600 e.